The minimum atomic E-state index is -3.15. The van der Waals surface area contributed by atoms with E-state index in [4.69, 9.17) is 17.7 Å². The lowest BCUT2D eigenvalue weighted by atomic mass is 9.96. The summed E-state index contributed by atoms with van der Waals surface area (Å²) in [6.45, 7) is 17.9. The Kier molecular flexibility index (Phi) is 8.55. The smallest absolute Gasteiger partial charge is 0.351 e. The lowest BCUT2D eigenvalue weighted by molar-refractivity contribution is -0.114. The summed E-state index contributed by atoms with van der Waals surface area (Å²) in [5.41, 5.74) is -2.85. The van der Waals surface area contributed by atoms with Crippen LogP contribution in [0, 0.1) is 11.3 Å². The number of carbonyl (C=O) groups is 1. The van der Waals surface area contributed by atoms with Gasteiger partial charge in [0.05, 0.1) is 6.61 Å². The molecule has 4 unspecified atom stereocenters. The van der Waals surface area contributed by atoms with Crippen molar-refractivity contribution < 1.29 is 27.6 Å². The van der Waals surface area contributed by atoms with E-state index in [1.165, 1.54) is 19.2 Å². The van der Waals surface area contributed by atoms with Crippen LogP contribution in [0.5, 0.6) is 0 Å². The van der Waals surface area contributed by atoms with Gasteiger partial charge in [0.2, 0.25) is 11.5 Å². The Balaban J connectivity index is 2.14. The molecule has 2 aliphatic rings. The molecule has 0 radical (unpaired) electrons. The molecule has 13 heteroatoms. The number of nitriles is 1. The van der Waals surface area contributed by atoms with Crippen LogP contribution in [0.2, 0.25) is 22.2 Å². The normalized spacial score (nSPS) is 29.2. The van der Waals surface area contributed by atoms with E-state index in [0.717, 1.165) is 4.57 Å². The molecule has 0 spiro atoms. The predicted molar refractivity (Wildman–Crippen MR) is 141 cm³/mol. The number of amides is 1. The molecular weight excluding hydrogens is 512 g/mol. The Morgan fingerprint density at radius 1 is 1.16 bits per heavy atom. The van der Waals surface area contributed by atoms with Gasteiger partial charge in [0.15, 0.2) is 6.23 Å². The van der Waals surface area contributed by atoms with Crippen LogP contribution >= 0.6 is 0 Å². The summed E-state index contributed by atoms with van der Waals surface area (Å²) in [5, 5.41) is 24.4. The molecule has 1 amide bonds. The number of carbonyl (C=O) groups excluding carboxylic acids is 1. The third kappa shape index (κ3) is 5.08. The highest BCUT2D eigenvalue weighted by Gasteiger charge is 2.66. The molecular formula is C24H40N4O7Si2. The highest BCUT2D eigenvalue weighted by molar-refractivity contribution is 6.84. The molecule has 11 nitrogen and oxygen atoms in total. The van der Waals surface area contributed by atoms with Gasteiger partial charge in [-0.3, -0.25) is 9.36 Å². The van der Waals surface area contributed by atoms with Gasteiger partial charge in [0.1, 0.15) is 24.1 Å². The van der Waals surface area contributed by atoms with Gasteiger partial charge in [-0.05, 0) is 28.2 Å². The van der Waals surface area contributed by atoms with Gasteiger partial charge in [-0.15, -0.1) is 0 Å². The third-order valence-corrected chi connectivity index (χ3v) is 17.6. The molecule has 2 N–H and O–H groups in total. The number of hydrogen-bond acceptors (Lipinski definition) is 9. The summed E-state index contributed by atoms with van der Waals surface area (Å²) in [5.74, 6) is -0.326. The maximum absolute atomic E-state index is 12.9. The van der Waals surface area contributed by atoms with Crippen molar-refractivity contribution in [3.63, 3.8) is 0 Å². The number of aliphatic hydroxyl groups is 1. The molecule has 2 fully saturated rings. The number of fused-ring (bicyclic) bond motifs is 1. The number of nitrogens with one attached hydrogen (secondary N) is 1. The third-order valence-electron chi connectivity index (χ3n) is 7.34. The Morgan fingerprint density at radius 2 is 1.73 bits per heavy atom. The molecule has 0 aromatic carbocycles. The molecule has 4 atom stereocenters. The molecule has 2 saturated heterocycles. The van der Waals surface area contributed by atoms with Crippen LogP contribution in [0.15, 0.2) is 17.1 Å². The summed E-state index contributed by atoms with van der Waals surface area (Å²) in [6, 6.07) is 3.37. The monoisotopic (exact) mass is 552 g/mol. The van der Waals surface area contributed by atoms with Crippen molar-refractivity contribution in [3.8, 4) is 6.07 Å². The fourth-order valence-corrected chi connectivity index (χ4v) is 16.6. The maximum Gasteiger partial charge on any atom is 0.351 e. The van der Waals surface area contributed by atoms with Crippen molar-refractivity contribution >= 4 is 28.8 Å². The van der Waals surface area contributed by atoms with E-state index < -0.39 is 46.8 Å². The Labute approximate surface area is 220 Å². The minimum Gasteiger partial charge on any atom is -0.414 e. The molecule has 0 aliphatic carbocycles. The predicted octanol–water partition coefficient (Wildman–Crippen LogP) is 3.31. The fourth-order valence-electron chi connectivity index (χ4n) is 5.42. The van der Waals surface area contributed by atoms with Gasteiger partial charge in [-0.1, -0.05) is 55.4 Å². The zero-order chi connectivity index (χ0) is 27.9. The average molecular weight is 553 g/mol. The lowest BCUT2D eigenvalue weighted by Crippen LogP contribution is -2.67. The standard InChI is InChI=1S/C24H40N4O7Si2/c1-14(2)36(15(3)4)32-12-19-21(34-37(35-36,16(5)6)17(7)8)24(31,13-25)22(33-19)28-11-10-20(26-18(9)29)27-23(28)30/h10-11,14-17,19,21-22,31H,12H2,1-9H3,(H,26,27,29,30). The van der Waals surface area contributed by atoms with Crippen molar-refractivity contribution in [2.45, 2.75) is 109 Å². The first-order chi connectivity index (χ1) is 17.1. The largest absolute Gasteiger partial charge is 0.414 e. The molecule has 2 aliphatic heterocycles. The van der Waals surface area contributed by atoms with Crippen LogP contribution in [0.3, 0.4) is 0 Å². The van der Waals surface area contributed by atoms with E-state index in [1.807, 2.05) is 33.8 Å². The Hall–Kier alpha value is -1.93. The quantitative estimate of drug-likeness (QED) is 0.401. The summed E-state index contributed by atoms with van der Waals surface area (Å²) in [6.07, 6.45) is -2.01. The van der Waals surface area contributed by atoms with Crippen LogP contribution in [-0.4, -0.2) is 62.1 Å². The molecule has 37 heavy (non-hydrogen) atoms. The van der Waals surface area contributed by atoms with Gasteiger partial charge in [0.25, 0.3) is 0 Å². The molecule has 206 valence electrons. The topological polar surface area (TPSA) is 145 Å². The molecule has 1 aromatic rings. The SMILES string of the molecule is CC(=O)Nc1ccn(C2OC3CO[Si](C(C)C)(C(C)C)O[Si](C(C)C)(C(C)C)OC3C2(O)C#N)c(=O)n1. The van der Waals surface area contributed by atoms with Gasteiger partial charge in [0, 0.05) is 13.1 Å². The van der Waals surface area contributed by atoms with Crippen molar-refractivity contribution in [2.75, 3.05) is 11.9 Å². The number of rotatable bonds is 6. The van der Waals surface area contributed by atoms with Gasteiger partial charge >= 0.3 is 22.8 Å². The first kappa shape index (κ1) is 29.6. The summed E-state index contributed by atoms with van der Waals surface area (Å²) in [4.78, 5) is 28.1. The van der Waals surface area contributed by atoms with E-state index in [0.29, 0.717) is 0 Å². The first-order valence-corrected chi connectivity index (χ1v) is 16.8. The zero-order valence-electron chi connectivity index (χ0n) is 23.1. The van der Waals surface area contributed by atoms with E-state index in [1.54, 1.807) is 0 Å². The zero-order valence-corrected chi connectivity index (χ0v) is 25.1. The molecule has 3 rings (SSSR count). The highest BCUT2D eigenvalue weighted by Crippen LogP contribution is 2.50. The van der Waals surface area contributed by atoms with Crippen molar-refractivity contribution in [2.24, 2.45) is 0 Å². The van der Waals surface area contributed by atoms with Crippen molar-refractivity contribution in [3.05, 3.63) is 22.7 Å². The maximum atomic E-state index is 12.9. The Bertz CT molecular complexity index is 1090. The number of aromatic nitrogens is 2. The number of nitrogens with zero attached hydrogens (tertiary/aromatic N) is 3. The van der Waals surface area contributed by atoms with E-state index in [2.05, 4.69) is 38.0 Å². The van der Waals surface area contributed by atoms with Crippen LogP contribution < -0.4 is 11.0 Å². The molecule has 3 heterocycles. The van der Waals surface area contributed by atoms with E-state index in [9.17, 15) is 20.0 Å². The van der Waals surface area contributed by atoms with Crippen molar-refractivity contribution in [1.29, 1.82) is 5.26 Å². The van der Waals surface area contributed by atoms with Gasteiger partial charge in [-0.2, -0.15) is 10.2 Å². The second-order valence-electron chi connectivity index (χ2n) is 11.2. The summed E-state index contributed by atoms with van der Waals surface area (Å²) < 4.78 is 27.9. The lowest BCUT2D eigenvalue weighted by Gasteiger charge is -2.51. The minimum absolute atomic E-state index is 0.0254. The van der Waals surface area contributed by atoms with Crippen LogP contribution in [0.4, 0.5) is 5.82 Å². The molecule has 0 bridgehead atoms. The second-order valence-corrected chi connectivity index (χ2v) is 20.0. The summed E-state index contributed by atoms with van der Waals surface area (Å²) >= 11 is 0. The first-order valence-electron chi connectivity index (χ1n) is 12.8. The summed E-state index contributed by atoms with van der Waals surface area (Å²) in [7, 11) is -6.01. The van der Waals surface area contributed by atoms with E-state index >= 15 is 0 Å². The average Bonchev–Trinajstić information content (AvgIpc) is 3.04. The second kappa shape index (κ2) is 10.7. The van der Waals surface area contributed by atoms with E-state index in [-0.39, 0.29) is 40.5 Å². The van der Waals surface area contributed by atoms with Crippen LogP contribution in [0.1, 0.15) is 68.5 Å². The van der Waals surface area contributed by atoms with Gasteiger partial charge < -0.3 is 28.1 Å². The fraction of sp³-hybridized carbons (Fsp3) is 0.750. The number of anilines is 1. The molecule has 0 saturated carbocycles. The van der Waals surface area contributed by atoms with Crippen LogP contribution in [-0.2, 0) is 22.5 Å². The number of ether oxygens (including phenoxy) is 1. The highest BCUT2D eigenvalue weighted by atomic mass is 28.5. The van der Waals surface area contributed by atoms with Crippen molar-refractivity contribution in [1.82, 2.24) is 9.55 Å². The Morgan fingerprint density at radius 3 is 2.19 bits per heavy atom. The van der Waals surface area contributed by atoms with Gasteiger partial charge in [-0.25, -0.2) is 4.79 Å². The van der Waals surface area contributed by atoms with Crippen LogP contribution in [0.25, 0.3) is 0 Å². The number of hydrogen-bond donors (Lipinski definition) is 2. The molecule has 1 aromatic heterocycles.